The summed E-state index contributed by atoms with van der Waals surface area (Å²) in [7, 11) is 1.62. The molecule has 3 rings (SSSR count). The van der Waals surface area contributed by atoms with E-state index in [1.807, 2.05) is 37.3 Å². The molecule has 1 N–H and O–H groups in total. The van der Waals surface area contributed by atoms with Crippen molar-refractivity contribution in [2.45, 2.75) is 30.7 Å². The Balaban J connectivity index is 1.65. The summed E-state index contributed by atoms with van der Waals surface area (Å²) in [6.07, 6.45) is 1.83. The third-order valence-electron chi connectivity index (χ3n) is 4.17. The van der Waals surface area contributed by atoms with E-state index in [-0.39, 0.29) is 5.69 Å². The van der Waals surface area contributed by atoms with Gasteiger partial charge in [0.1, 0.15) is 5.75 Å². The summed E-state index contributed by atoms with van der Waals surface area (Å²) < 4.78 is 10.7. The van der Waals surface area contributed by atoms with Gasteiger partial charge in [0.25, 0.3) is 0 Å². The van der Waals surface area contributed by atoms with Gasteiger partial charge in [0.05, 0.1) is 18.6 Å². The topological polar surface area (TPSA) is 103 Å². The second-order valence-corrected chi connectivity index (χ2v) is 7.19. The molecule has 1 aromatic heterocycles. The zero-order valence-electron chi connectivity index (χ0n) is 16.3. The van der Waals surface area contributed by atoms with Crippen LogP contribution in [0.1, 0.15) is 25.3 Å². The van der Waals surface area contributed by atoms with E-state index >= 15 is 0 Å². The number of thioether (sulfide) groups is 1. The van der Waals surface area contributed by atoms with Crippen molar-refractivity contribution in [1.29, 1.82) is 0 Å². The van der Waals surface area contributed by atoms with Crippen LogP contribution in [0.2, 0.25) is 0 Å². The van der Waals surface area contributed by atoms with Gasteiger partial charge < -0.3 is 9.47 Å². The molecule has 0 radical (unpaired) electrons. The van der Waals surface area contributed by atoms with Gasteiger partial charge >= 0.3 is 5.69 Å². The summed E-state index contributed by atoms with van der Waals surface area (Å²) >= 11 is 1.40. The molecule has 0 fully saturated rings. The highest BCUT2D eigenvalue weighted by Gasteiger charge is 2.16. The summed E-state index contributed by atoms with van der Waals surface area (Å²) in [5.74, 6) is 2.24. The van der Waals surface area contributed by atoms with Crippen molar-refractivity contribution in [1.82, 2.24) is 15.2 Å². The molecule has 0 aliphatic heterocycles. The van der Waals surface area contributed by atoms with E-state index < -0.39 is 4.92 Å². The summed E-state index contributed by atoms with van der Waals surface area (Å²) in [6, 6.07) is 12.5. The molecule has 0 unspecified atom stereocenters. The minimum absolute atomic E-state index is 0.0203. The molecule has 0 bridgehead atoms. The Morgan fingerprint density at radius 2 is 2.00 bits per heavy atom. The quantitative estimate of drug-likeness (QED) is 0.219. The van der Waals surface area contributed by atoms with E-state index in [0.717, 1.165) is 29.7 Å². The van der Waals surface area contributed by atoms with E-state index in [0.29, 0.717) is 29.1 Å². The van der Waals surface area contributed by atoms with Gasteiger partial charge in [-0.25, -0.2) is 4.98 Å². The fraction of sp³-hybridized carbons (Fsp3) is 0.300. The molecule has 0 aliphatic carbocycles. The molecule has 152 valence electrons. The summed E-state index contributed by atoms with van der Waals surface area (Å²) in [4.78, 5) is 15.4. The summed E-state index contributed by atoms with van der Waals surface area (Å²) in [5.41, 5.74) is 1.68. The number of aromatic nitrogens is 3. The summed E-state index contributed by atoms with van der Waals surface area (Å²) in [6.45, 7) is 2.51. The first kappa shape index (κ1) is 20.7. The molecule has 0 spiro atoms. The van der Waals surface area contributed by atoms with Gasteiger partial charge in [-0.2, -0.15) is 0 Å². The molecule has 1 heterocycles. The second-order valence-electron chi connectivity index (χ2n) is 6.24. The standard InChI is InChI=1S/C20H22N4O4S/c1-3-4-11-28-18-10-5-14(12-17(18)24(25)26)13-29-20-21-19(22-23-20)15-6-8-16(27-2)9-7-15/h5-10,12H,3-4,11,13H2,1-2H3,(H,21,22,23). The normalized spacial score (nSPS) is 10.7. The number of rotatable bonds is 10. The molecule has 0 atom stereocenters. The van der Waals surface area contributed by atoms with Crippen LogP contribution in [0.3, 0.4) is 0 Å². The van der Waals surface area contributed by atoms with Crippen molar-refractivity contribution in [3.63, 3.8) is 0 Å². The average Bonchev–Trinajstić information content (AvgIpc) is 3.22. The average molecular weight is 414 g/mol. The lowest BCUT2D eigenvalue weighted by Crippen LogP contribution is -2.01. The number of unbranched alkanes of at least 4 members (excludes halogenated alkanes) is 1. The summed E-state index contributed by atoms with van der Waals surface area (Å²) in [5, 5.41) is 19.1. The number of hydrogen-bond acceptors (Lipinski definition) is 7. The van der Waals surface area contributed by atoms with Crippen LogP contribution in [0.15, 0.2) is 47.6 Å². The molecule has 0 saturated carbocycles. The van der Waals surface area contributed by atoms with Crippen molar-refractivity contribution in [2.75, 3.05) is 13.7 Å². The van der Waals surface area contributed by atoms with Crippen LogP contribution in [-0.2, 0) is 5.75 Å². The molecule has 2 aromatic carbocycles. The van der Waals surface area contributed by atoms with Crippen molar-refractivity contribution in [3.8, 4) is 22.9 Å². The molecular formula is C20H22N4O4S. The highest BCUT2D eigenvalue weighted by Crippen LogP contribution is 2.31. The van der Waals surface area contributed by atoms with Gasteiger partial charge in [0.2, 0.25) is 5.16 Å². The maximum atomic E-state index is 11.4. The number of hydrogen-bond donors (Lipinski definition) is 1. The van der Waals surface area contributed by atoms with Gasteiger partial charge in [-0.3, -0.25) is 15.2 Å². The van der Waals surface area contributed by atoms with E-state index in [9.17, 15) is 10.1 Å². The van der Waals surface area contributed by atoms with Crippen molar-refractivity contribution in [3.05, 3.63) is 58.1 Å². The number of ether oxygens (including phenoxy) is 2. The van der Waals surface area contributed by atoms with Crippen LogP contribution >= 0.6 is 11.8 Å². The molecule has 29 heavy (non-hydrogen) atoms. The smallest absolute Gasteiger partial charge is 0.311 e. The van der Waals surface area contributed by atoms with E-state index in [4.69, 9.17) is 9.47 Å². The van der Waals surface area contributed by atoms with Gasteiger partial charge in [0.15, 0.2) is 11.6 Å². The van der Waals surface area contributed by atoms with E-state index in [1.165, 1.54) is 11.8 Å². The van der Waals surface area contributed by atoms with Gasteiger partial charge in [-0.15, -0.1) is 5.10 Å². The number of aromatic amines is 1. The lowest BCUT2D eigenvalue weighted by atomic mass is 10.2. The molecule has 9 heteroatoms. The van der Waals surface area contributed by atoms with Gasteiger partial charge in [-0.1, -0.05) is 31.2 Å². The van der Waals surface area contributed by atoms with Crippen molar-refractivity contribution >= 4 is 17.4 Å². The first-order valence-electron chi connectivity index (χ1n) is 9.20. The molecule has 0 saturated heterocycles. The largest absolute Gasteiger partial charge is 0.497 e. The zero-order chi connectivity index (χ0) is 20.6. The molecule has 0 amide bonds. The Bertz CT molecular complexity index is 959. The lowest BCUT2D eigenvalue weighted by molar-refractivity contribution is -0.385. The zero-order valence-corrected chi connectivity index (χ0v) is 17.1. The van der Waals surface area contributed by atoms with Crippen LogP contribution in [0.4, 0.5) is 5.69 Å². The Morgan fingerprint density at radius 1 is 1.21 bits per heavy atom. The van der Waals surface area contributed by atoms with Crippen molar-refractivity contribution in [2.24, 2.45) is 0 Å². The van der Waals surface area contributed by atoms with E-state index in [2.05, 4.69) is 15.2 Å². The number of nitrogens with zero attached hydrogens (tertiary/aromatic N) is 3. The number of benzene rings is 2. The van der Waals surface area contributed by atoms with Crippen molar-refractivity contribution < 1.29 is 14.4 Å². The molecule has 0 aliphatic rings. The fourth-order valence-electron chi connectivity index (χ4n) is 2.58. The molecule has 8 nitrogen and oxygen atoms in total. The number of nitrogens with one attached hydrogen (secondary N) is 1. The SMILES string of the molecule is CCCCOc1ccc(CSc2n[nH]c(-c3ccc(OC)cc3)n2)cc1[N+](=O)[O-]. The first-order chi connectivity index (χ1) is 14.1. The molecular weight excluding hydrogens is 392 g/mol. The minimum Gasteiger partial charge on any atom is -0.497 e. The number of nitro benzene ring substituents is 1. The Labute approximate surface area is 172 Å². The maximum absolute atomic E-state index is 11.4. The highest BCUT2D eigenvalue weighted by atomic mass is 32.2. The number of methoxy groups -OCH3 is 1. The van der Waals surface area contributed by atoms with Crippen LogP contribution in [-0.4, -0.2) is 33.8 Å². The van der Waals surface area contributed by atoms with Crippen LogP contribution in [0.5, 0.6) is 11.5 Å². The van der Waals surface area contributed by atoms with Crippen LogP contribution < -0.4 is 9.47 Å². The number of nitro groups is 1. The van der Waals surface area contributed by atoms with Gasteiger partial charge in [-0.05, 0) is 42.3 Å². The Kier molecular flexibility index (Phi) is 7.07. The highest BCUT2D eigenvalue weighted by molar-refractivity contribution is 7.98. The predicted octanol–water partition coefficient (Wildman–Crippen LogP) is 4.86. The minimum atomic E-state index is -0.413. The second kappa shape index (κ2) is 9.92. The van der Waals surface area contributed by atoms with Crippen LogP contribution in [0.25, 0.3) is 11.4 Å². The van der Waals surface area contributed by atoms with Gasteiger partial charge in [0, 0.05) is 17.4 Å². The lowest BCUT2D eigenvalue weighted by Gasteiger charge is -2.07. The Morgan fingerprint density at radius 3 is 2.69 bits per heavy atom. The first-order valence-corrected chi connectivity index (χ1v) is 10.2. The fourth-order valence-corrected chi connectivity index (χ4v) is 3.32. The third-order valence-corrected chi connectivity index (χ3v) is 5.09. The Hall–Kier alpha value is -3.07. The van der Waals surface area contributed by atoms with Crippen LogP contribution in [0, 0.1) is 10.1 Å². The number of H-pyrrole nitrogens is 1. The third kappa shape index (κ3) is 5.47. The predicted molar refractivity (Wildman–Crippen MR) is 111 cm³/mol. The maximum Gasteiger partial charge on any atom is 0.311 e. The molecule has 3 aromatic rings. The van der Waals surface area contributed by atoms with E-state index in [1.54, 1.807) is 19.2 Å². The monoisotopic (exact) mass is 414 g/mol.